The first-order valence-electron chi connectivity index (χ1n) is 6.45. The first kappa shape index (κ1) is 14.3. The quantitative estimate of drug-likeness (QED) is 0.565. The van der Waals surface area contributed by atoms with Crippen molar-refractivity contribution < 1.29 is 0 Å². The molecule has 0 bridgehead atoms. The molecule has 0 aliphatic heterocycles. The number of nitrogens with zero attached hydrogens (tertiary/aromatic N) is 1. The number of rotatable bonds is 3. The Bertz CT molecular complexity index is 764. The Balaban J connectivity index is 2.24. The average molecular weight is 318 g/mol. The summed E-state index contributed by atoms with van der Waals surface area (Å²) < 4.78 is 0. The molecule has 2 aromatic carbocycles. The van der Waals surface area contributed by atoms with Crippen molar-refractivity contribution in [1.82, 2.24) is 10.4 Å². The third kappa shape index (κ3) is 2.61. The molecule has 5 heteroatoms. The van der Waals surface area contributed by atoms with Crippen LogP contribution in [0.15, 0.2) is 54.9 Å². The van der Waals surface area contributed by atoms with Crippen LogP contribution >= 0.6 is 23.2 Å². The summed E-state index contributed by atoms with van der Waals surface area (Å²) in [4.78, 5) is 4.28. The van der Waals surface area contributed by atoms with Crippen LogP contribution in [0.25, 0.3) is 10.8 Å². The van der Waals surface area contributed by atoms with Crippen LogP contribution in [-0.2, 0) is 0 Å². The van der Waals surface area contributed by atoms with Crippen molar-refractivity contribution in [3.8, 4) is 0 Å². The zero-order valence-corrected chi connectivity index (χ0v) is 12.6. The second-order valence-electron chi connectivity index (χ2n) is 4.68. The zero-order chi connectivity index (χ0) is 14.8. The molecule has 1 heterocycles. The van der Waals surface area contributed by atoms with Gasteiger partial charge in [0, 0.05) is 39.0 Å². The standard InChI is InChI=1S/C16H13Cl2N3/c17-13-6-3-7-14(18)15(13)16(21-19)12-9-20-8-10-4-1-2-5-11(10)12/h1-9,16,21H,19H2. The SMILES string of the molecule is NNC(c1c(Cl)cccc1Cl)c1cncc2ccccc12. The van der Waals surface area contributed by atoms with Crippen LogP contribution in [0, 0.1) is 0 Å². The van der Waals surface area contributed by atoms with Gasteiger partial charge in [-0.3, -0.25) is 10.8 Å². The molecule has 0 saturated heterocycles. The maximum atomic E-state index is 6.30. The van der Waals surface area contributed by atoms with Crippen molar-refractivity contribution in [3.63, 3.8) is 0 Å². The summed E-state index contributed by atoms with van der Waals surface area (Å²) in [6.07, 6.45) is 3.60. The first-order chi connectivity index (χ1) is 10.2. The highest BCUT2D eigenvalue weighted by Gasteiger charge is 2.20. The van der Waals surface area contributed by atoms with E-state index in [1.807, 2.05) is 36.5 Å². The molecule has 3 nitrogen and oxygen atoms in total. The minimum atomic E-state index is -0.329. The topological polar surface area (TPSA) is 50.9 Å². The van der Waals surface area contributed by atoms with Crippen LogP contribution in [0.4, 0.5) is 0 Å². The fraction of sp³-hybridized carbons (Fsp3) is 0.0625. The van der Waals surface area contributed by atoms with Crippen LogP contribution in [0.5, 0.6) is 0 Å². The zero-order valence-electron chi connectivity index (χ0n) is 11.1. The molecule has 106 valence electrons. The summed E-state index contributed by atoms with van der Waals surface area (Å²) >= 11 is 12.6. The number of benzene rings is 2. The second kappa shape index (κ2) is 6.00. The minimum absolute atomic E-state index is 0.329. The van der Waals surface area contributed by atoms with E-state index >= 15 is 0 Å². The Labute approximate surface area is 132 Å². The van der Waals surface area contributed by atoms with Crippen LogP contribution in [0.3, 0.4) is 0 Å². The average Bonchev–Trinajstić information content (AvgIpc) is 2.51. The van der Waals surface area contributed by atoms with Crippen molar-refractivity contribution in [1.29, 1.82) is 0 Å². The highest BCUT2D eigenvalue weighted by molar-refractivity contribution is 6.36. The van der Waals surface area contributed by atoms with E-state index in [-0.39, 0.29) is 6.04 Å². The van der Waals surface area contributed by atoms with Crippen molar-refractivity contribution in [3.05, 3.63) is 76.0 Å². The normalized spacial score (nSPS) is 12.5. The number of hydrogen-bond acceptors (Lipinski definition) is 3. The summed E-state index contributed by atoms with van der Waals surface area (Å²) in [5.41, 5.74) is 4.49. The van der Waals surface area contributed by atoms with E-state index in [9.17, 15) is 0 Å². The molecule has 0 amide bonds. The summed E-state index contributed by atoms with van der Waals surface area (Å²) in [5.74, 6) is 5.77. The third-order valence-electron chi connectivity index (χ3n) is 3.47. The van der Waals surface area contributed by atoms with E-state index in [0.717, 1.165) is 21.9 Å². The van der Waals surface area contributed by atoms with Crippen LogP contribution in [-0.4, -0.2) is 4.98 Å². The van der Waals surface area contributed by atoms with Gasteiger partial charge < -0.3 is 0 Å². The number of fused-ring (bicyclic) bond motifs is 1. The molecular weight excluding hydrogens is 305 g/mol. The number of nitrogens with two attached hydrogens (primary N) is 1. The van der Waals surface area contributed by atoms with Crippen molar-refractivity contribution in [2.45, 2.75) is 6.04 Å². The highest BCUT2D eigenvalue weighted by Crippen LogP contribution is 2.35. The van der Waals surface area contributed by atoms with Gasteiger partial charge in [0.15, 0.2) is 0 Å². The molecule has 1 unspecified atom stereocenters. The Hall–Kier alpha value is -1.65. The molecule has 3 aromatic rings. The molecule has 3 N–H and O–H groups in total. The first-order valence-corrected chi connectivity index (χ1v) is 7.20. The molecule has 0 radical (unpaired) electrons. The molecule has 3 rings (SSSR count). The largest absolute Gasteiger partial charge is 0.271 e. The summed E-state index contributed by atoms with van der Waals surface area (Å²) in [7, 11) is 0. The lowest BCUT2D eigenvalue weighted by Crippen LogP contribution is -2.29. The van der Waals surface area contributed by atoms with Gasteiger partial charge in [-0.05, 0) is 17.5 Å². The molecule has 1 atom stereocenters. The lowest BCUT2D eigenvalue weighted by atomic mass is 9.96. The van der Waals surface area contributed by atoms with Crippen molar-refractivity contribution >= 4 is 34.0 Å². The number of hydrazine groups is 1. The van der Waals surface area contributed by atoms with E-state index in [0.29, 0.717) is 10.0 Å². The molecule has 0 spiro atoms. The third-order valence-corrected chi connectivity index (χ3v) is 4.12. The number of halogens is 2. The number of aromatic nitrogens is 1. The summed E-state index contributed by atoms with van der Waals surface area (Å²) in [6.45, 7) is 0. The van der Waals surface area contributed by atoms with Gasteiger partial charge >= 0.3 is 0 Å². The molecule has 0 fully saturated rings. The van der Waals surface area contributed by atoms with Gasteiger partial charge in [0.05, 0.1) is 6.04 Å². The monoisotopic (exact) mass is 317 g/mol. The predicted molar refractivity (Wildman–Crippen MR) is 87.4 cm³/mol. The predicted octanol–water partition coefficient (Wildman–Crippen LogP) is 4.09. The summed E-state index contributed by atoms with van der Waals surface area (Å²) in [5, 5.41) is 3.24. The molecule has 0 aliphatic carbocycles. The Morgan fingerprint density at radius 1 is 0.952 bits per heavy atom. The van der Waals surface area contributed by atoms with E-state index < -0.39 is 0 Å². The van der Waals surface area contributed by atoms with E-state index in [1.54, 1.807) is 18.3 Å². The van der Waals surface area contributed by atoms with E-state index in [4.69, 9.17) is 29.0 Å². The van der Waals surface area contributed by atoms with Crippen LogP contribution < -0.4 is 11.3 Å². The molecule has 0 saturated carbocycles. The lowest BCUT2D eigenvalue weighted by Gasteiger charge is -2.20. The van der Waals surface area contributed by atoms with Gasteiger partial charge in [0.25, 0.3) is 0 Å². The van der Waals surface area contributed by atoms with Crippen LogP contribution in [0.2, 0.25) is 10.0 Å². The van der Waals surface area contributed by atoms with Gasteiger partial charge in [-0.25, -0.2) is 5.43 Å². The fourth-order valence-corrected chi connectivity index (χ4v) is 3.10. The lowest BCUT2D eigenvalue weighted by molar-refractivity contribution is 0.639. The van der Waals surface area contributed by atoms with Crippen LogP contribution in [0.1, 0.15) is 17.2 Å². The smallest absolute Gasteiger partial charge is 0.0760 e. The van der Waals surface area contributed by atoms with E-state index in [1.165, 1.54) is 0 Å². The van der Waals surface area contributed by atoms with Gasteiger partial charge in [0.1, 0.15) is 0 Å². The van der Waals surface area contributed by atoms with Gasteiger partial charge in [-0.1, -0.05) is 53.5 Å². The molecule has 0 aliphatic rings. The highest BCUT2D eigenvalue weighted by atomic mass is 35.5. The van der Waals surface area contributed by atoms with E-state index in [2.05, 4.69) is 10.4 Å². The van der Waals surface area contributed by atoms with Gasteiger partial charge in [-0.15, -0.1) is 0 Å². The Morgan fingerprint density at radius 2 is 1.67 bits per heavy atom. The minimum Gasteiger partial charge on any atom is -0.271 e. The number of nitrogens with one attached hydrogen (secondary N) is 1. The Kier molecular flexibility index (Phi) is 4.08. The summed E-state index contributed by atoms with van der Waals surface area (Å²) in [6, 6.07) is 13.1. The van der Waals surface area contributed by atoms with Gasteiger partial charge in [-0.2, -0.15) is 0 Å². The maximum absolute atomic E-state index is 6.30. The second-order valence-corrected chi connectivity index (χ2v) is 5.50. The van der Waals surface area contributed by atoms with Gasteiger partial charge in [0.2, 0.25) is 0 Å². The van der Waals surface area contributed by atoms with Crippen molar-refractivity contribution in [2.24, 2.45) is 5.84 Å². The molecule has 21 heavy (non-hydrogen) atoms. The maximum Gasteiger partial charge on any atom is 0.0760 e. The molecule has 1 aromatic heterocycles. The fourth-order valence-electron chi connectivity index (χ4n) is 2.49. The molecular formula is C16H13Cl2N3. The number of hydrogen-bond donors (Lipinski definition) is 2. The number of pyridine rings is 1. The Morgan fingerprint density at radius 3 is 2.38 bits per heavy atom. The van der Waals surface area contributed by atoms with Crippen molar-refractivity contribution in [2.75, 3.05) is 0 Å².